The molecule has 23 heavy (non-hydrogen) atoms. The van der Waals surface area contributed by atoms with Gasteiger partial charge in [-0.3, -0.25) is 4.79 Å². The van der Waals surface area contributed by atoms with Crippen LogP contribution in [-0.2, 0) is 13.9 Å². The van der Waals surface area contributed by atoms with Crippen LogP contribution in [0.2, 0.25) is 10.2 Å². The number of pyridine rings is 1. The summed E-state index contributed by atoms with van der Waals surface area (Å²) in [5.74, 6) is -0.986. The first-order chi connectivity index (χ1) is 10.7. The highest BCUT2D eigenvalue weighted by Crippen LogP contribution is 2.38. The molecular weight excluding hydrogens is 408 g/mol. The molecule has 1 aromatic heterocycles. The molecule has 7 heteroatoms. The van der Waals surface area contributed by atoms with Gasteiger partial charge < -0.3 is 4.74 Å². The van der Waals surface area contributed by atoms with Gasteiger partial charge in [0.1, 0.15) is 15.3 Å². The normalized spacial score (nSPS) is 13.5. The number of hydrogen-bond donors (Lipinski definition) is 0. The van der Waals surface area contributed by atoms with Crippen LogP contribution in [0, 0.1) is 12.7 Å². The molecule has 122 valence electrons. The Balaban J connectivity index is 2.65. The summed E-state index contributed by atoms with van der Waals surface area (Å²) in [4.78, 5) is 16.3. The summed E-state index contributed by atoms with van der Waals surface area (Å²) in [5, 5.41) is 0.227. The lowest BCUT2D eigenvalue weighted by Gasteiger charge is -2.23. The molecule has 0 saturated carbocycles. The first-order valence-electron chi connectivity index (χ1n) is 6.59. The summed E-state index contributed by atoms with van der Waals surface area (Å²) in [5.41, 5.74) is 2.33. The smallest absolute Gasteiger partial charge is 0.326 e. The summed E-state index contributed by atoms with van der Waals surface area (Å²) in [6.07, 6.45) is 0. The van der Waals surface area contributed by atoms with E-state index in [1.54, 1.807) is 26.0 Å². The Morgan fingerprint density at radius 1 is 1.35 bits per heavy atom. The molecule has 2 rings (SSSR count). The standard InChI is InChI=1S/C16H13BrCl2FNO2/c1-8-10(16(2,17)15(22)23-3)7-13(21-14(8)19)9-4-5-12(20)11(18)6-9/h4-7H,1-3H3. The van der Waals surface area contributed by atoms with E-state index in [1.165, 1.54) is 19.2 Å². The molecule has 1 heterocycles. The Kier molecular flexibility index (Phi) is 5.33. The Bertz CT molecular complexity index is 781. The molecule has 0 aliphatic rings. The highest BCUT2D eigenvalue weighted by molar-refractivity contribution is 9.10. The molecular formula is C16H13BrCl2FNO2. The van der Waals surface area contributed by atoms with Crippen molar-refractivity contribution in [3.05, 3.63) is 51.4 Å². The third kappa shape index (κ3) is 3.52. The summed E-state index contributed by atoms with van der Waals surface area (Å²) >= 11 is 15.4. The fourth-order valence-electron chi connectivity index (χ4n) is 2.17. The van der Waals surface area contributed by atoms with Crippen LogP contribution in [0.1, 0.15) is 18.1 Å². The van der Waals surface area contributed by atoms with Gasteiger partial charge in [-0.15, -0.1) is 0 Å². The van der Waals surface area contributed by atoms with Crippen molar-refractivity contribution in [3.8, 4) is 11.3 Å². The van der Waals surface area contributed by atoms with Crippen LogP contribution in [0.15, 0.2) is 24.3 Å². The van der Waals surface area contributed by atoms with E-state index >= 15 is 0 Å². The van der Waals surface area contributed by atoms with Gasteiger partial charge in [-0.2, -0.15) is 0 Å². The maximum Gasteiger partial charge on any atom is 0.326 e. The Morgan fingerprint density at radius 3 is 2.57 bits per heavy atom. The van der Waals surface area contributed by atoms with E-state index in [0.29, 0.717) is 22.4 Å². The van der Waals surface area contributed by atoms with Crippen molar-refractivity contribution in [1.82, 2.24) is 4.98 Å². The fourth-order valence-corrected chi connectivity index (χ4v) is 3.12. The van der Waals surface area contributed by atoms with Gasteiger partial charge in [0.05, 0.1) is 17.8 Å². The van der Waals surface area contributed by atoms with Gasteiger partial charge in [0, 0.05) is 5.56 Å². The van der Waals surface area contributed by atoms with Gasteiger partial charge >= 0.3 is 5.97 Å². The van der Waals surface area contributed by atoms with Crippen LogP contribution >= 0.6 is 39.1 Å². The van der Waals surface area contributed by atoms with Crippen molar-refractivity contribution < 1.29 is 13.9 Å². The van der Waals surface area contributed by atoms with Gasteiger partial charge in [0.2, 0.25) is 0 Å². The largest absolute Gasteiger partial charge is 0.468 e. The number of nitrogens with zero attached hydrogens (tertiary/aromatic N) is 1. The van der Waals surface area contributed by atoms with E-state index in [0.717, 1.165) is 0 Å². The Morgan fingerprint density at radius 2 is 2.00 bits per heavy atom. The number of carbonyl (C=O) groups is 1. The molecule has 1 aromatic carbocycles. The second-order valence-corrected chi connectivity index (χ2v) is 7.45. The third-order valence-corrected chi connectivity index (χ3v) is 4.91. The zero-order valence-electron chi connectivity index (χ0n) is 12.6. The number of benzene rings is 1. The number of aromatic nitrogens is 1. The number of ether oxygens (including phenoxy) is 1. The van der Waals surface area contributed by atoms with Crippen LogP contribution in [0.4, 0.5) is 4.39 Å². The zero-order chi connectivity index (χ0) is 17.4. The zero-order valence-corrected chi connectivity index (χ0v) is 15.7. The SMILES string of the molecule is COC(=O)C(C)(Br)c1cc(-c2ccc(F)c(Cl)c2)nc(Cl)c1C. The quantitative estimate of drug-likeness (QED) is 0.385. The van der Waals surface area contributed by atoms with E-state index in [4.69, 9.17) is 27.9 Å². The van der Waals surface area contributed by atoms with E-state index in [1.807, 2.05) is 0 Å². The van der Waals surface area contributed by atoms with Gasteiger partial charge in [0.15, 0.2) is 0 Å². The highest BCUT2D eigenvalue weighted by atomic mass is 79.9. The van der Waals surface area contributed by atoms with E-state index < -0.39 is 16.1 Å². The van der Waals surface area contributed by atoms with Gasteiger partial charge in [-0.25, -0.2) is 9.37 Å². The minimum Gasteiger partial charge on any atom is -0.468 e. The van der Waals surface area contributed by atoms with Gasteiger partial charge in [-0.1, -0.05) is 39.1 Å². The van der Waals surface area contributed by atoms with Crippen LogP contribution in [0.3, 0.4) is 0 Å². The molecule has 0 aliphatic heterocycles. The van der Waals surface area contributed by atoms with Crippen molar-refractivity contribution in [2.75, 3.05) is 7.11 Å². The summed E-state index contributed by atoms with van der Waals surface area (Å²) in [6, 6.07) is 5.96. The Hall–Kier alpha value is -1.17. The average Bonchev–Trinajstić information content (AvgIpc) is 2.51. The molecule has 0 aliphatic carbocycles. The number of halogens is 4. The predicted octanol–water partition coefficient (Wildman–Crippen LogP) is 5.29. The second kappa shape index (κ2) is 6.75. The monoisotopic (exact) mass is 419 g/mol. The number of hydrogen-bond acceptors (Lipinski definition) is 3. The molecule has 0 saturated heterocycles. The first kappa shape index (κ1) is 18.2. The third-order valence-electron chi connectivity index (χ3n) is 3.50. The predicted molar refractivity (Wildman–Crippen MR) is 92.7 cm³/mol. The minimum atomic E-state index is -1.09. The maximum atomic E-state index is 13.3. The fraction of sp³-hybridized carbons (Fsp3) is 0.250. The van der Waals surface area contributed by atoms with Gasteiger partial charge in [-0.05, 0) is 49.2 Å². The number of rotatable bonds is 3. The highest BCUT2D eigenvalue weighted by Gasteiger charge is 2.36. The summed E-state index contributed by atoms with van der Waals surface area (Å²) in [7, 11) is 1.31. The molecule has 2 aromatic rings. The maximum absolute atomic E-state index is 13.3. The molecule has 3 nitrogen and oxygen atoms in total. The van der Waals surface area contributed by atoms with E-state index in [-0.39, 0.29) is 10.2 Å². The van der Waals surface area contributed by atoms with Crippen molar-refractivity contribution in [2.45, 2.75) is 18.2 Å². The molecule has 1 unspecified atom stereocenters. The van der Waals surface area contributed by atoms with Crippen molar-refractivity contribution in [2.24, 2.45) is 0 Å². The number of esters is 1. The van der Waals surface area contributed by atoms with Crippen molar-refractivity contribution in [3.63, 3.8) is 0 Å². The topological polar surface area (TPSA) is 39.2 Å². The number of alkyl halides is 1. The van der Waals surface area contributed by atoms with E-state index in [2.05, 4.69) is 20.9 Å². The second-order valence-electron chi connectivity index (χ2n) is 5.09. The molecule has 0 radical (unpaired) electrons. The van der Waals surface area contributed by atoms with E-state index in [9.17, 15) is 9.18 Å². The lowest BCUT2D eigenvalue weighted by atomic mass is 9.95. The first-order valence-corrected chi connectivity index (χ1v) is 8.13. The number of methoxy groups -OCH3 is 1. The molecule has 1 atom stereocenters. The van der Waals surface area contributed by atoms with Crippen molar-refractivity contribution in [1.29, 1.82) is 0 Å². The van der Waals surface area contributed by atoms with Crippen LogP contribution in [-0.4, -0.2) is 18.1 Å². The molecule has 0 bridgehead atoms. The Labute approximate surface area is 151 Å². The van der Waals surface area contributed by atoms with Crippen molar-refractivity contribution >= 4 is 45.1 Å². The average molecular weight is 421 g/mol. The molecule has 0 N–H and O–H groups in total. The molecule has 0 spiro atoms. The van der Waals surface area contributed by atoms with Crippen LogP contribution < -0.4 is 0 Å². The summed E-state index contributed by atoms with van der Waals surface area (Å²) < 4.78 is 17.1. The molecule has 0 amide bonds. The van der Waals surface area contributed by atoms with Gasteiger partial charge in [0.25, 0.3) is 0 Å². The summed E-state index contributed by atoms with van der Waals surface area (Å²) in [6.45, 7) is 3.42. The van der Waals surface area contributed by atoms with Crippen LogP contribution in [0.5, 0.6) is 0 Å². The number of carbonyl (C=O) groups excluding carboxylic acids is 1. The minimum absolute atomic E-state index is 0.0166. The van der Waals surface area contributed by atoms with Crippen LogP contribution in [0.25, 0.3) is 11.3 Å². The molecule has 0 fully saturated rings. The lowest BCUT2D eigenvalue weighted by Crippen LogP contribution is -2.28. The lowest BCUT2D eigenvalue weighted by molar-refractivity contribution is -0.143.